The number of likely N-dealkylation sites (N-methyl/N-ethyl adjacent to an activating group) is 1. The Bertz CT molecular complexity index is 146. The summed E-state index contributed by atoms with van der Waals surface area (Å²) in [6, 6.07) is 0. The third-order valence-corrected chi connectivity index (χ3v) is 0.871. The number of aliphatic hydroxyl groups is 1. The van der Waals surface area contributed by atoms with Gasteiger partial charge in [-0.15, -0.1) is 0 Å². The number of hydrogen-bond acceptors (Lipinski definition) is 4. The molecule has 0 saturated heterocycles. The van der Waals surface area contributed by atoms with Crippen LogP contribution in [0.4, 0.5) is 0 Å². The highest BCUT2D eigenvalue weighted by Gasteiger charge is 2.18. The lowest BCUT2D eigenvalue weighted by atomic mass is 10.3. The monoisotopic (exact) mass is 148 g/mol. The number of rotatable bonds is 3. The largest absolute Gasteiger partial charge is 0.377 e. The zero-order valence-corrected chi connectivity index (χ0v) is 5.40. The van der Waals surface area contributed by atoms with Gasteiger partial charge in [-0.25, -0.2) is 0 Å². The second-order valence-corrected chi connectivity index (χ2v) is 1.65. The van der Waals surface area contributed by atoms with Crippen LogP contribution in [-0.2, 0) is 4.79 Å². The van der Waals surface area contributed by atoms with Crippen molar-refractivity contribution in [3.63, 3.8) is 0 Å². The van der Waals surface area contributed by atoms with Crippen molar-refractivity contribution in [2.24, 2.45) is 0 Å². The molecule has 6 heteroatoms. The highest BCUT2D eigenvalue weighted by atomic mass is 16.6. The number of nitrogens with one attached hydrogen (secondary N) is 1. The zero-order chi connectivity index (χ0) is 8.15. The van der Waals surface area contributed by atoms with Crippen LogP contribution in [0.2, 0.25) is 0 Å². The Balaban J connectivity index is 3.72. The molecule has 0 aromatic carbocycles. The summed E-state index contributed by atoms with van der Waals surface area (Å²) in [6.07, 6.45) is -1.54. The topological polar surface area (TPSA) is 92.5 Å². The van der Waals surface area contributed by atoms with Gasteiger partial charge in [-0.1, -0.05) is 0 Å². The van der Waals surface area contributed by atoms with E-state index >= 15 is 0 Å². The van der Waals surface area contributed by atoms with Gasteiger partial charge in [-0.3, -0.25) is 14.9 Å². The molecule has 1 unspecified atom stereocenters. The van der Waals surface area contributed by atoms with E-state index in [2.05, 4.69) is 5.32 Å². The molecule has 1 atom stereocenters. The highest BCUT2D eigenvalue weighted by molar-refractivity contribution is 5.80. The van der Waals surface area contributed by atoms with E-state index in [0.29, 0.717) is 0 Å². The van der Waals surface area contributed by atoms with Gasteiger partial charge in [0.25, 0.3) is 5.91 Å². The van der Waals surface area contributed by atoms with E-state index in [-0.39, 0.29) is 0 Å². The number of carbonyl (C=O) groups excluding carboxylic acids is 1. The molecule has 1 amide bonds. The van der Waals surface area contributed by atoms with Crippen LogP contribution < -0.4 is 5.32 Å². The first kappa shape index (κ1) is 8.83. The lowest BCUT2D eigenvalue weighted by Crippen LogP contribution is -2.36. The molecule has 0 bridgehead atoms. The van der Waals surface area contributed by atoms with Gasteiger partial charge in [0.15, 0.2) is 6.10 Å². The van der Waals surface area contributed by atoms with Crippen LogP contribution in [0.25, 0.3) is 0 Å². The number of nitrogens with zero attached hydrogens (tertiary/aromatic N) is 1. The van der Waals surface area contributed by atoms with Crippen molar-refractivity contribution in [3.05, 3.63) is 10.1 Å². The Morgan fingerprint density at radius 1 is 1.90 bits per heavy atom. The average molecular weight is 148 g/mol. The summed E-state index contributed by atoms with van der Waals surface area (Å²) in [7, 11) is 1.30. The number of carbonyl (C=O) groups is 1. The molecule has 0 aliphatic rings. The van der Waals surface area contributed by atoms with Gasteiger partial charge >= 0.3 is 0 Å². The Labute approximate surface area is 57.0 Å². The highest BCUT2D eigenvalue weighted by Crippen LogP contribution is 1.82. The van der Waals surface area contributed by atoms with E-state index < -0.39 is 23.5 Å². The second kappa shape index (κ2) is 3.78. The van der Waals surface area contributed by atoms with Crippen LogP contribution in [0.5, 0.6) is 0 Å². The van der Waals surface area contributed by atoms with E-state index in [9.17, 15) is 14.9 Å². The van der Waals surface area contributed by atoms with E-state index in [4.69, 9.17) is 5.11 Å². The SMILES string of the molecule is CNC(=O)C(O)C[N+](=O)[O-]. The Morgan fingerprint density at radius 3 is 2.70 bits per heavy atom. The Morgan fingerprint density at radius 2 is 2.40 bits per heavy atom. The number of aliphatic hydroxyl groups excluding tert-OH is 1. The first-order valence-electron chi connectivity index (χ1n) is 2.59. The quantitative estimate of drug-likeness (QED) is 0.371. The van der Waals surface area contributed by atoms with Gasteiger partial charge in [0.2, 0.25) is 6.54 Å². The summed E-state index contributed by atoms with van der Waals surface area (Å²) in [6.45, 7) is -0.750. The van der Waals surface area contributed by atoms with Crippen LogP contribution in [-0.4, -0.2) is 35.6 Å². The number of hydrogen-bond donors (Lipinski definition) is 2. The molecular weight excluding hydrogens is 140 g/mol. The Kier molecular flexibility index (Phi) is 3.34. The van der Waals surface area contributed by atoms with Crippen LogP contribution in [0, 0.1) is 10.1 Å². The molecule has 58 valence electrons. The van der Waals surface area contributed by atoms with Crippen molar-refractivity contribution in [2.45, 2.75) is 6.10 Å². The molecule has 0 fully saturated rings. The summed E-state index contributed by atoms with van der Waals surface area (Å²) in [5.41, 5.74) is 0. The van der Waals surface area contributed by atoms with E-state index in [1.165, 1.54) is 7.05 Å². The lowest BCUT2D eigenvalue weighted by Gasteiger charge is -2.01. The third kappa shape index (κ3) is 2.98. The predicted molar refractivity (Wildman–Crippen MR) is 31.9 cm³/mol. The summed E-state index contributed by atoms with van der Waals surface area (Å²) >= 11 is 0. The van der Waals surface area contributed by atoms with Crippen molar-refractivity contribution in [1.82, 2.24) is 5.32 Å². The molecular formula is C4H8N2O4. The molecule has 0 aliphatic heterocycles. The van der Waals surface area contributed by atoms with Crippen molar-refractivity contribution < 1.29 is 14.8 Å². The van der Waals surface area contributed by atoms with Crippen molar-refractivity contribution >= 4 is 5.91 Å². The minimum Gasteiger partial charge on any atom is -0.377 e. The predicted octanol–water partition coefficient (Wildman–Crippen LogP) is -1.63. The maximum Gasteiger partial charge on any atom is 0.255 e. The first-order valence-corrected chi connectivity index (χ1v) is 2.59. The van der Waals surface area contributed by atoms with E-state index in [1.807, 2.05) is 0 Å². The van der Waals surface area contributed by atoms with E-state index in [0.717, 1.165) is 0 Å². The van der Waals surface area contributed by atoms with E-state index in [1.54, 1.807) is 0 Å². The molecule has 0 heterocycles. The van der Waals surface area contributed by atoms with Crippen molar-refractivity contribution in [3.8, 4) is 0 Å². The van der Waals surface area contributed by atoms with Crippen LogP contribution in [0.3, 0.4) is 0 Å². The van der Waals surface area contributed by atoms with Crippen LogP contribution in [0.1, 0.15) is 0 Å². The number of amides is 1. The van der Waals surface area contributed by atoms with Gasteiger partial charge in [-0.2, -0.15) is 0 Å². The van der Waals surface area contributed by atoms with Gasteiger partial charge in [0.05, 0.1) is 0 Å². The Hall–Kier alpha value is -1.17. The third-order valence-electron chi connectivity index (χ3n) is 0.871. The first-order chi connectivity index (χ1) is 4.57. The smallest absolute Gasteiger partial charge is 0.255 e. The lowest BCUT2D eigenvalue weighted by molar-refractivity contribution is -0.487. The number of nitro groups is 1. The van der Waals surface area contributed by atoms with Gasteiger partial charge < -0.3 is 10.4 Å². The molecule has 10 heavy (non-hydrogen) atoms. The molecule has 6 nitrogen and oxygen atoms in total. The summed E-state index contributed by atoms with van der Waals surface area (Å²) < 4.78 is 0. The molecule has 0 aliphatic carbocycles. The maximum absolute atomic E-state index is 10.4. The van der Waals surface area contributed by atoms with Gasteiger partial charge in [-0.05, 0) is 0 Å². The minimum absolute atomic E-state index is 0.739. The molecule has 0 aromatic heterocycles. The fourth-order valence-electron chi connectivity index (χ4n) is 0.391. The standard InChI is InChI=1S/C4H8N2O4/c1-5-4(8)3(7)2-6(9)10/h3,7H,2H2,1H3,(H,5,8). The summed E-state index contributed by atoms with van der Waals surface area (Å²) in [4.78, 5) is 19.3. The second-order valence-electron chi connectivity index (χ2n) is 1.65. The molecule has 0 aromatic rings. The fourth-order valence-corrected chi connectivity index (χ4v) is 0.391. The molecule has 2 N–H and O–H groups in total. The van der Waals surface area contributed by atoms with Crippen molar-refractivity contribution in [1.29, 1.82) is 0 Å². The molecule has 0 saturated carbocycles. The summed E-state index contributed by atoms with van der Waals surface area (Å²) in [5, 5.41) is 20.4. The minimum atomic E-state index is -1.54. The van der Waals surface area contributed by atoms with Crippen LogP contribution in [0.15, 0.2) is 0 Å². The molecule has 0 spiro atoms. The summed E-state index contributed by atoms with van der Waals surface area (Å²) in [5.74, 6) is -0.739. The maximum atomic E-state index is 10.4. The zero-order valence-electron chi connectivity index (χ0n) is 5.40. The van der Waals surface area contributed by atoms with Gasteiger partial charge in [0.1, 0.15) is 0 Å². The molecule has 0 radical (unpaired) electrons. The molecule has 0 rings (SSSR count). The van der Waals surface area contributed by atoms with Crippen LogP contribution >= 0.6 is 0 Å². The van der Waals surface area contributed by atoms with Gasteiger partial charge in [0, 0.05) is 12.0 Å². The fraction of sp³-hybridized carbons (Fsp3) is 0.750. The average Bonchev–Trinajstić information content (AvgIpc) is 1.85. The van der Waals surface area contributed by atoms with Crippen molar-refractivity contribution in [2.75, 3.05) is 13.6 Å². The normalized spacial score (nSPS) is 12.2.